The number of hydrogen-bond donors (Lipinski definition) is 3. The van der Waals surface area contributed by atoms with Crippen LogP contribution in [0.5, 0.6) is 0 Å². The Bertz CT molecular complexity index is 1170. The molecule has 0 aliphatic rings. The van der Waals surface area contributed by atoms with Crippen molar-refractivity contribution in [2.24, 2.45) is 0 Å². The Hall–Kier alpha value is -2.67. The van der Waals surface area contributed by atoms with Gasteiger partial charge in [-0.05, 0) is 59.3 Å². The number of aromatic nitrogens is 3. The first kappa shape index (κ1) is 30.6. The van der Waals surface area contributed by atoms with Crippen molar-refractivity contribution in [2.45, 2.75) is 76.7 Å². The fourth-order valence-electron chi connectivity index (χ4n) is 4.14. The topological polar surface area (TPSA) is 73.2 Å². The molecule has 0 amide bonds. The first-order valence-corrected chi connectivity index (χ1v) is 14.6. The van der Waals surface area contributed by atoms with Crippen molar-refractivity contribution in [3.63, 3.8) is 0 Å². The summed E-state index contributed by atoms with van der Waals surface area (Å²) >= 11 is 1.75. The van der Waals surface area contributed by atoms with Crippen LogP contribution >= 0.6 is 11.8 Å². The van der Waals surface area contributed by atoms with Crippen molar-refractivity contribution in [1.29, 1.82) is 0 Å². The summed E-state index contributed by atoms with van der Waals surface area (Å²) in [7, 11) is 1.00. The van der Waals surface area contributed by atoms with Crippen molar-refractivity contribution in [2.75, 3.05) is 13.4 Å². The second kappa shape index (κ2) is 17.0. The van der Waals surface area contributed by atoms with E-state index in [1.54, 1.807) is 11.8 Å². The molecule has 0 fully saturated rings. The van der Waals surface area contributed by atoms with Gasteiger partial charge in [-0.15, -0.1) is 16.3 Å². The smallest absolute Gasteiger partial charge is 0.355 e. The summed E-state index contributed by atoms with van der Waals surface area (Å²) in [6.07, 6.45) is 15.9. The number of fused-ring (bicyclic) bond motifs is 1. The van der Waals surface area contributed by atoms with Gasteiger partial charge in [0.1, 0.15) is 6.20 Å². The number of aryl methyl sites for hydroxylation is 1. The highest BCUT2D eigenvalue weighted by Crippen LogP contribution is 2.26. The largest absolute Gasteiger partial charge is 0.400 e. The van der Waals surface area contributed by atoms with Crippen LogP contribution in [0.4, 0.5) is 0 Å². The Morgan fingerprint density at radius 2 is 1.68 bits per heavy atom. The van der Waals surface area contributed by atoms with E-state index in [1.165, 1.54) is 40.8 Å². The molecule has 4 aromatic rings. The second-order valence-electron chi connectivity index (χ2n) is 8.99. The van der Waals surface area contributed by atoms with Crippen LogP contribution in [0.3, 0.4) is 0 Å². The highest BCUT2D eigenvalue weighted by molar-refractivity contribution is 7.98. The van der Waals surface area contributed by atoms with Gasteiger partial charge in [-0.1, -0.05) is 82.9 Å². The van der Waals surface area contributed by atoms with Crippen LogP contribution in [0.15, 0.2) is 72.0 Å². The highest BCUT2D eigenvalue weighted by atomic mass is 32.2. The molecule has 1 atom stereocenters. The zero-order chi connectivity index (χ0) is 27.0. The summed E-state index contributed by atoms with van der Waals surface area (Å²) in [5.41, 5.74) is 6.91. The van der Waals surface area contributed by atoms with Gasteiger partial charge in [-0.2, -0.15) is 0 Å². The minimum absolute atomic E-state index is 0.0325. The monoisotopic (exact) mass is 522 g/mol. The average molecular weight is 523 g/mol. The van der Waals surface area contributed by atoms with Crippen LogP contribution in [0.1, 0.15) is 64.9 Å². The summed E-state index contributed by atoms with van der Waals surface area (Å²) in [6.45, 7) is 6.47. The SMILES string of the molecule is CCCCC(O)CCC.CCCc1ccc(-c2cnc3c(-c4cccc(SC)c4)c[nH][n+]3c2)cc1.CO. The number of aliphatic hydroxyl groups excluding tert-OH is 2. The maximum atomic E-state index is 9.18. The number of aliphatic hydroxyl groups is 2. The lowest BCUT2D eigenvalue weighted by Gasteiger charge is -2.06. The van der Waals surface area contributed by atoms with Gasteiger partial charge < -0.3 is 10.2 Å². The van der Waals surface area contributed by atoms with Gasteiger partial charge >= 0.3 is 5.65 Å². The summed E-state index contributed by atoms with van der Waals surface area (Å²) in [5, 5.41) is 19.5. The molecule has 0 radical (unpaired) electrons. The fourth-order valence-corrected chi connectivity index (χ4v) is 4.60. The lowest BCUT2D eigenvalue weighted by molar-refractivity contribution is -0.578. The maximum Gasteiger partial charge on any atom is 0.355 e. The molecule has 4 rings (SSSR count). The number of nitrogens with zero attached hydrogens (tertiary/aromatic N) is 2. The molecule has 5 nitrogen and oxygen atoms in total. The van der Waals surface area contributed by atoms with Gasteiger partial charge in [0.15, 0.2) is 6.20 Å². The Morgan fingerprint density at radius 3 is 2.32 bits per heavy atom. The van der Waals surface area contributed by atoms with E-state index < -0.39 is 0 Å². The number of benzene rings is 2. The van der Waals surface area contributed by atoms with Gasteiger partial charge in [0.05, 0.1) is 23.4 Å². The highest BCUT2D eigenvalue weighted by Gasteiger charge is 2.16. The quantitative estimate of drug-likeness (QED) is 0.153. The molecule has 1 unspecified atom stereocenters. The van der Waals surface area contributed by atoms with E-state index in [0.717, 1.165) is 49.6 Å². The third kappa shape index (κ3) is 9.29. The molecule has 0 bridgehead atoms. The average Bonchev–Trinajstić information content (AvgIpc) is 3.37. The normalized spacial score (nSPS) is 11.3. The van der Waals surface area contributed by atoms with E-state index in [0.29, 0.717) is 0 Å². The number of hydrogen-bond acceptors (Lipinski definition) is 4. The predicted octanol–water partition coefficient (Wildman–Crippen LogP) is 7.10. The van der Waals surface area contributed by atoms with Crippen LogP contribution in [-0.4, -0.2) is 39.8 Å². The van der Waals surface area contributed by atoms with Crippen LogP contribution in [0, 0.1) is 0 Å². The standard InChI is InChI=1S/C22H21N3S.C8H18O.CH4O/c1-3-5-16-8-10-17(11-9-16)19-13-23-22-21(14-24-25(22)15-19)18-6-4-7-20(12-18)26-2;1-3-5-7-8(9)6-4-2;1-2/h4,6-15H,3,5H2,1-2H3;8-9H,3-7H2,1-2H3;2H,1H3/p+1. The minimum Gasteiger partial charge on any atom is -0.400 e. The number of rotatable bonds is 10. The van der Waals surface area contributed by atoms with Crippen molar-refractivity contribution < 1.29 is 14.7 Å². The number of nitrogens with one attached hydrogen (secondary N) is 1. The van der Waals surface area contributed by atoms with Crippen LogP contribution in [0.25, 0.3) is 27.9 Å². The maximum absolute atomic E-state index is 9.18. The summed E-state index contributed by atoms with van der Waals surface area (Å²) < 4.78 is 2.00. The molecule has 37 heavy (non-hydrogen) atoms. The van der Waals surface area contributed by atoms with Crippen LogP contribution < -0.4 is 4.52 Å². The van der Waals surface area contributed by atoms with Crippen molar-refractivity contribution >= 4 is 17.4 Å². The van der Waals surface area contributed by atoms with Crippen LogP contribution in [-0.2, 0) is 6.42 Å². The molecule has 6 heteroatoms. The molecule has 0 aliphatic heterocycles. The molecule has 0 saturated heterocycles. The zero-order valence-electron chi connectivity index (χ0n) is 23.1. The fraction of sp³-hybridized carbons (Fsp3) is 0.419. The Labute approximate surface area is 227 Å². The number of unbranched alkanes of at least 4 members (excludes halogenated alkanes) is 1. The molecular weight excluding hydrogens is 478 g/mol. The lowest BCUT2D eigenvalue weighted by atomic mass is 10.0. The van der Waals surface area contributed by atoms with Crippen LogP contribution in [0.2, 0.25) is 0 Å². The third-order valence-electron chi connectivity index (χ3n) is 6.13. The van der Waals surface area contributed by atoms with E-state index in [9.17, 15) is 5.11 Å². The van der Waals surface area contributed by atoms with Crippen molar-refractivity contribution in [3.05, 3.63) is 72.7 Å². The molecule has 2 aromatic heterocycles. The van der Waals surface area contributed by atoms with Gasteiger partial charge in [-0.3, -0.25) is 0 Å². The third-order valence-corrected chi connectivity index (χ3v) is 6.86. The number of thioether (sulfide) groups is 1. The van der Waals surface area contributed by atoms with Crippen molar-refractivity contribution in [1.82, 2.24) is 10.1 Å². The molecule has 2 aromatic carbocycles. The molecule has 0 saturated carbocycles. The lowest BCUT2D eigenvalue weighted by Crippen LogP contribution is -2.23. The summed E-state index contributed by atoms with van der Waals surface area (Å²) in [5.74, 6) is 0. The summed E-state index contributed by atoms with van der Waals surface area (Å²) in [4.78, 5) is 5.99. The van der Waals surface area contributed by atoms with E-state index in [2.05, 4.69) is 86.9 Å². The zero-order valence-corrected chi connectivity index (χ0v) is 23.9. The van der Waals surface area contributed by atoms with E-state index in [1.807, 2.05) is 16.9 Å². The first-order valence-electron chi connectivity index (χ1n) is 13.3. The number of H-pyrrole nitrogens is 1. The van der Waals surface area contributed by atoms with Gasteiger partial charge in [0.25, 0.3) is 0 Å². The molecule has 0 spiro atoms. The van der Waals surface area contributed by atoms with E-state index in [-0.39, 0.29) is 6.10 Å². The first-order chi connectivity index (χ1) is 18.1. The number of aromatic amines is 1. The predicted molar refractivity (Wildman–Crippen MR) is 157 cm³/mol. The Balaban J connectivity index is 0.000000374. The molecular formula is C31H44N3O2S+. The molecule has 0 aliphatic carbocycles. The minimum atomic E-state index is -0.0325. The van der Waals surface area contributed by atoms with Gasteiger partial charge in [0, 0.05) is 12.0 Å². The van der Waals surface area contributed by atoms with Gasteiger partial charge in [-0.25, -0.2) is 5.10 Å². The Kier molecular flexibility index (Phi) is 14.0. The summed E-state index contributed by atoms with van der Waals surface area (Å²) in [6, 6.07) is 17.3. The molecule has 2 heterocycles. The van der Waals surface area contributed by atoms with E-state index in [4.69, 9.17) is 10.1 Å². The Morgan fingerprint density at radius 1 is 0.919 bits per heavy atom. The van der Waals surface area contributed by atoms with Gasteiger partial charge in [0.2, 0.25) is 0 Å². The molecule has 200 valence electrons. The van der Waals surface area contributed by atoms with E-state index >= 15 is 0 Å². The van der Waals surface area contributed by atoms with Crippen molar-refractivity contribution in [3.8, 4) is 22.3 Å². The second-order valence-corrected chi connectivity index (χ2v) is 9.87. The molecule has 3 N–H and O–H groups in total.